The van der Waals surface area contributed by atoms with E-state index in [0.29, 0.717) is 33.4 Å². The number of carbonyl (C=O) groups is 3. The van der Waals surface area contributed by atoms with E-state index < -0.39 is 5.97 Å². The van der Waals surface area contributed by atoms with Gasteiger partial charge in [-0.05, 0) is 55.0 Å². The van der Waals surface area contributed by atoms with Gasteiger partial charge in [-0.15, -0.1) is 11.3 Å². The number of thiophene rings is 1. The Hall–Kier alpha value is -3.45. The number of rotatable bonds is 7. The van der Waals surface area contributed by atoms with Gasteiger partial charge in [-0.1, -0.05) is 37.3 Å². The van der Waals surface area contributed by atoms with E-state index in [-0.39, 0.29) is 18.3 Å². The molecule has 1 aliphatic rings. The van der Waals surface area contributed by atoms with Crippen molar-refractivity contribution in [3.63, 3.8) is 0 Å². The lowest BCUT2D eigenvalue weighted by atomic mass is 9.88. The van der Waals surface area contributed by atoms with Gasteiger partial charge < -0.3 is 14.8 Å². The molecule has 0 saturated carbocycles. The predicted molar refractivity (Wildman–Crippen MR) is 127 cm³/mol. The summed E-state index contributed by atoms with van der Waals surface area (Å²) in [6, 6.07) is 15.7. The van der Waals surface area contributed by atoms with Crippen LogP contribution in [0.1, 0.15) is 50.1 Å². The topological polar surface area (TPSA) is 81.7 Å². The number of anilines is 1. The highest BCUT2D eigenvalue weighted by Gasteiger charge is 2.28. The van der Waals surface area contributed by atoms with Crippen LogP contribution >= 0.6 is 11.3 Å². The molecule has 3 aromatic rings. The summed E-state index contributed by atoms with van der Waals surface area (Å²) < 4.78 is 10.6. The van der Waals surface area contributed by atoms with E-state index in [2.05, 4.69) is 12.2 Å². The van der Waals surface area contributed by atoms with Gasteiger partial charge in [0.25, 0.3) is 5.91 Å². The quantitative estimate of drug-likeness (QED) is 0.398. The van der Waals surface area contributed by atoms with Crippen LogP contribution in [-0.4, -0.2) is 31.4 Å². The van der Waals surface area contributed by atoms with Gasteiger partial charge in [0.15, 0.2) is 12.4 Å². The zero-order chi connectivity index (χ0) is 23.4. The number of ether oxygens (including phenoxy) is 2. The summed E-state index contributed by atoms with van der Waals surface area (Å²) in [6.07, 6.45) is 2.70. The van der Waals surface area contributed by atoms with Crippen molar-refractivity contribution in [3.8, 4) is 5.75 Å². The molecule has 0 spiro atoms. The van der Waals surface area contributed by atoms with Gasteiger partial charge >= 0.3 is 5.97 Å². The highest BCUT2D eigenvalue weighted by atomic mass is 32.1. The second kappa shape index (κ2) is 10.0. The van der Waals surface area contributed by atoms with Crippen LogP contribution in [0.2, 0.25) is 0 Å². The summed E-state index contributed by atoms with van der Waals surface area (Å²) >= 11 is 1.44. The van der Waals surface area contributed by atoms with Gasteiger partial charge in [0.05, 0.1) is 12.7 Å². The summed E-state index contributed by atoms with van der Waals surface area (Å²) in [5.74, 6) is 0.145. The SMILES string of the molecule is COC(=O)c1c(NC(=O)COc2ccc(C(=O)c3ccccc3)cc2)sc2c1CCC(C)C2. The molecule has 1 aliphatic carbocycles. The smallest absolute Gasteiger partial charge is 0.341 e. The first-order valence-electron chi connectivity index (χ1n) is 10.8. The van der Waals surface area contributed by atoms with E-state index in [0.717, 1.165) is 29.7 Å². The molecule has 2 aromatic carbocycles. The summed E-state index contributed by atoms with van der Waals surface area (Å²) in [5.41, 5.74) is 2.60. The Kier molecular flexibility index (Phi) is 6.89. The van der Waals surface area contributed by atoms with Crippen LogP contribution in [0.5, 0.6) is 5.75 Å². The first kappa shape index (κ1) is 22.7. The highest BCUT2D eigenvalue weighted by molar-refractivity contribution is 7.17. The van der Waals surface area contributed by atoms with Crippen LogP contribution in [0.4, 0.5) is 5.00 Å². The van der Waals surface area contributed by atoms with Crippen molar-refractivity contribution in [1.82, 2.24) is 0 Å². The number of methoxy groups -OCH3 is 1. The van der Waals surface area contributed by atoms with Crippen LogP contribution in [-0.2, 0) is 22.4 Å². The molecule has 33 heavy (non-hydrogen) atoms. The Labute approximate surface area is 196 Å². The second-order valence-electron chi connectivity index (χ2n) is 8.10. The maximum Gasteiger partial charge on any atom is 0.341 e. The Morgan fingerprint density at radius 2 is 1.73 bits per heavy atom. The number of nitrogens with one attached hydrogen (secondary N) is 1. The standard InChI is InChI=1S/C26H25NO5S/c1-16-8-13-20-21(14-16)33-25(23(20)26(30)31-2)27-22(28)15-32-19-11-9-18(10-12-19)24(29)17-6-4-3-5-7-17/h3-7,9-12,16H,8,13-15H2,1-2H3,(H,27,28). The lowest BCUT2D eigenvalue weighted by Gasteiger charge is -2.18. The monoisotopic (exact) mass is 463 g/mol. The van der Waals surface area contributed by atoms with Crippen molar-refractivity contribution >= 4 is 34.0 Å². The normalized spacial score (nSPS) is 14.8. The third kappa shape index (κ3) is 5.14. The van der Waals surface area contributed by atoms with Crippen LogP contribution in [0, 0.1) is 5.92 Å². The highest BCUT2D eigenvalue weighted by Crippen LogP contribution is 2.40. The number of ketones is 1. The molecule has 0 aliphatic heterocycles. The molecule has 0 saturated heterocycles. The molecule has 6 nitrogen and oxygen atoms in total. The van der Waals surface area contributed by atoms with Crippen molar-refractivity contribution in [3.05, 3.63) is 81.7 Å². The van der Waals surface area contributed by atoms with Crippen molar-refractivity contribution < 1.29 is 23.9 Å². The first-order chi connectivity index (χ1) is 16.0. The van der Waals surface area contributed by atoms with Crippen molar-refractivity contribution in [1.29, 1.82) is 0 Å². The minimum atomic E-state index is -0.433. The molecule has 7 heteroatoms. The minimum Gasteiger partial charge on any atom is -0.484 e. The molecule has 170 valence electrons. The van der Waals surface area contributed by atoms with Gasteiger partial charge in [-0.25, -0.2) is 4.79 Å². The third-order valence-corrected chi connectivity index (χ3v) is 6.85. The summed E-state index contributed by atoms with van der Waals surface area (Å²) in [5, 5.41) is 3.33. The molecule has 0 fully saturated rings. The molecule has 1 heterocycles. The summed E-state index contributed by atoms with van der Waals surface area (Å²) in [6.45, 7) is 1.97. The third-order valence-electron chi connectivity index (χ3n) is 5.68. The Morgan fingerprint density at radius 3 is 2.42 bits per heavy atom. The average molecular weight is 464 g/mol. The van der Waals surface area contributed by atoms with E-state index in [1.54, 1.807) is 36.4 Å². The maximum atomic E-state index is 12.6. The van der Waals surface area contributed by atoms with Crippen molar-refractivity contribution in [2.24, 2.45) is 5.92 Å². The van der Waals surface area contributed by atoms with E-state index in [1.165, 1.54) is 18.4 Å². The molecule has 4 rings (SSSR count). The predicted octanol–water partition coefficient (Wildman–Crippen LogP) is 4.91. The van der Waals surface area contributed by atoms with Crippen molar-refractivity contribution in [2.75, 3.05) is 19.0 Å². The first-order valence-corrected chi connectivity index (χ1v) is 11.6. The van der Waals surface area contributed by atoms with Crippen LogP contribution in [0.15, 0.2) is 54.6 Å². The van der Waals surface area contributed by atoms with E-state index >= 15 is 0 Å². The molecule has 1 aromatic heterocycles. The average Bonchev–Trinajstić information content (AvgIpc) is 3.19. The molecule has 1 N–H and O–H groups in total. The van der Waals surface area contributed by atoms with Crippen LogP contribution in [0.3, 0.4) is 0 Å². The van der Waals surface area contributed by atoms with Gasteiger partial charge in [-0.3, -0.25) is 9.59 Å². The van der Waals surface area contributed by atoms with E-state index in [9.17, 15) is 14.4 Å². The van der Waals surface area contributed by atoms with Crippen molar-refractivity contribution in [2.45, 2.75) is 26.2 Å². The largest absolute Gasteiger partial charge is 0.484 e. The number of benzene rings is 2. The maximum absolute atomic E-state index is 12.6. The zero-order valence-electron chi connectivity index (χ0n) is 18.6. The second-order valence-corrected chi connectivity index (χ2v) is 9.21. The number of fused-ring (bicyclic) bond motifs is 1. The van der Waals surface area contributed by atoms with Gasteiger partial charge in [0.1, 0.15) is 10.8 Å². The fraction of sp³-hybridized carbons (Fsp3) is 0.269. The fourth-order valence-electron chi connectivity index (χ4n) is 3.93. The number of esters is 1. The Bertz CT molecular complexity index is 1170. The van der Waals surface area contributed by atoms with E-state index in [4.69, 9.17) is 9.47 Å². The zero-order valence-corrected chi connectivity index (χ0v) is 19.4. The summed E-state index contributed by atoms with van der Waals surface area (Å²) in [4.78, 5) is 38.6. The van der Waals surface area contributed by atoms with Crippen LogP contribution < -0.4 is 10.1 Å². The molecule has 1 unspecified atom stereocenters. The minimum absolute atomic E-state index is 0.0776. The number of hydrogen-bond acceptors (Lipinski definition) is 6. The molecule has 1 atom stereocenters. The van der Waals surface area contributed by atoms with E-state index in [1.807, 2.05) is 18.2 Å². The Balaban J connectivity index is 1.40. The fourth-order valence-corrected chi connectivity index (χ4v) is 5.34. The molecular weight excluding hydrogens is 438 g/mol. The summed E-state index contributed by atoms with van der Waals surface area (Å²) in [7, 11) is 1.35. The molecule has 0 radical (unpaired) electrons. The lowest BCUT2D eigenvalue weighted by Crippen LogP contribution is -2.21. The number of carbonyl (C=O) groups excluding carboxylic acids is 3. The molecule has 1 amide bonds. The van der Waals surface area contributed by atoms with Crippen LogP contribution in [0.25, 0.3) is 0 Å². The van der Waals surface area contributed by atoms with Gasteiger partial charge in [0, 0.05) is 16.0 Å². The van der Waals surface area contributed by atoms with Gasteiger partial charge in [-0.2, -0.15) is 0 Å². The molecule has 0 bridgehead atoms. The number of hydrogen-bond donors (Lipinski definition) is 1. The number of amides is 1. The Morgan fingerprint density at radius 1 is 1.03 bits per heavy atom. The lowest BCUT2D eigenvalue weighted by molar-refractivity contribution is -0.118. The van der Waals surface area contributed by atoms with Gasteiger partial charge in [0.2, 0.25) is 0 Å². The molecular formula is C26H25NO5S.